The van der Waals surface area contributed by atoms with E-state index in [9.17, 15) is 13.6 Å². The minimum absolute atomic E-state index is 0.197. The highest BCUT2D eigenvalue weighted by molar-refractivity contribution is 5.69. The quantitative estimate of drug-likeness (QED) is 0.864. The summed E-state index contributed by atoms with van der Waals surface area (Å²) in [6.45, 7) is -0.176. The fourth-order valence-corrected chi connectivity index (χ4v) is 2.77. The number of morpholine rings is 1. The summed E-state index contributed by atoms with van der Waals surface area (Å²) in [4.78, 5) is 12.4. The Hall–Kier alpha value is -1.73. The molecule has 3 rings (SSSR count). The molecule has 2 fully saturated rings. The lowest BCUT2D eigenvalue weighted by Crippen LogP contribution is -2.53. The standard InChI is InChI=1S/C14H16F2N2O3/c15-11-7-20-8-12(16)18(11)13(9-4-2-1-3-5-9)10-6-17-14(19)21-10/h1-5,10-13H,6-8H2,(H,17,19). The molecule has 1 aromatic rings. The van der Waals surface area contributed by atoms with E-state index >= 15 is 0 Å². The third-order valence-electron chi connectivity index (χ3n) is 3.68. The molecule has 2 aliphatic rings. The van der Waals surface area contributed by atoms with Crippen LogP contribution in [0.4, 0.5) is 13.6 Å². The highest BCUT2D eigenvalue weighted by atomic mass is 19.2. The average molecular weight is 298 g/mol. The summed E-state index contributed by atoms with van der Waals surface area (Å²) in [6, 6.07) is 8.23. The molecule has 0 spiro atoms. The van der Waals surface area contributed by atoms with Crippen molar-refractivity contribution in [3.8, 4) is 0 Å². The lowest BCUT2D eigenvalue weighted by molar-refractivity contribution is -0.170. The van der Waals surface area contributed by atoms with Crippen molar-refractivity contribution in [3.05, 3.63) is 35.9 Å². The number of carbonyl (C=O) groups is 1. The van der Waals surface area contributed by atoms with Crippen molar-refractivity contribution in [2.75, 3.05) is 19.8 Å². The minimum atomic E-state index is -1.58. The third-order valence-corrected chi connectivity index (χ3v) is 3.68. The Kier molecular flexibility index (Phi) is 4.03. The van der Waals surface area contributed by atoms with E-state index in [4.69, 9.17) is 9.47 Å². The molecular weight excluding hydrogens is 282 g/mol. The van der Waals surface area contributed by atoms with E-state index < -0.39 is 30.8 Å². The van der Waals surface area contributed by atoms with Gasteiger partial charge >= 0.3 is 6.09 Å². The SMILES string of the molecule is O=C1NCC(C(c2ccccc2)N2C(F)COCC2F)O1. The highest BCUT2D eigenvalue weighted by Gasteiger charge is 2.44. The molecule has 0 radical (unpaired) electrons. The molecule has 0 saturated carbocycles. The van der Waals surface area contributed by atoms with Gasteiger partial charge in [0, 0.05) is 0 Å². The number of halogens is 2. The smallest absolute Gasteiger partial charge is 0.407 e. The van der Waals surface area contributed by atoms with Crippen LogP contribution in [-0.2, 0) is 9.47 Å². The number of benzene rings is 1. The number of nitrogens with zero attached hydrogens (tertiary/aromatic N) is 1. The van der Waals surface area contributed by atoms with Gasteiger partial charge in [0.05, 0.1) is 25.8 Å². The molecule has 2 heterocycles. The number of cyclic esters (lactones) is 1. The summed E-state index contributed by atoms with van der Waals surface area (Å²) in [7, 11) is 0. The number of rotatable bonds is 3. The van der Waals surface area contributed by atoms with E-state index in [-0.39, 0.29) is 19.8 Å². The topological polar surface area (TPSA) is 50.8 Å². The van der Waals surface area contributed by atoms with Gasteiger partial charge in [0.2, 0.25) is 0 Å². The molecule has 4 atom stereocenters. The van der Waals surface area contributed by atoms with Gasteiger partial charge < -0.3 is 14.8 Å². The normalized spacial score (nSPS) is 31.5. The summed E-state index contributed by atoms with van der Waals surface area (Å²) in [5.41, 5.74) is 0.700. The van der Waals surface area contributed by atoms with Gasteiger partial charge in [0.15, 0.2) is 12.6 Å². The lowest BCUT2D eigenvalue weighted by Gasteiger charge is -2.41. The predicted molar refractivity (Wildman–Crippen MR) is 69.9 cm³/mol. The number of hydrogen-bond acceptors (Lipinski definition) is 4. The van der Waals surface area contributed by atoms with E-state index in [2.05, 4.69) is 5.32 Å². The first-order chi connectivity index (χ1) is 10.2. The van der Waals surface area contributed by atoms with Crippen molar-refractivity contribution in [1.29, 1.82) is 0 Å². The molecule has 0 bridgehead atoms. The zero-order chi connectivity index (χ0) is 14.8. The Morgan fingerprint density at radius 2 is 1.86 bits per heavy atom. The van der Waals surface area contributed by atoms with Crippen molar-refractivity contribution in [1.82, 2.24) is 10.2 Å². The van der Waals surface area contributed by atoms with E-state index in [1.54, 1.807) is 24.3 Å². The molecular formula is C14H16F2N2O3. The molecule has 7 heteroatoms. The number of alkyl carbamates (subject to hydrolysis) is 1. The third kappa shape index (κ3) is 2.84. The van der Waals surface area contributed by atoms with E-state index in [1.807, 2.05) is 6.07 Å². The predicted octanol–water partition coefficient (Wildman–Crippen LogP) is 1.76. The largest absolute Gasteiger partial charge is 0.442 e. The van der Waals surface area contributed by atoms with E-state index in [0.29, 0.717) is 5.56 Å². The molecule has 114 valence electrons. The number of carbonyl (C=O) groups excluding carboxylic acids is 1. The highest BCUT2D eigenvalue weighted by Crippen LogP contribution is 2.34. The maximum atomic E-state index is 14.2. The number of alkyl halides is 2. The van der Waals surface area contributed by atoms with Crippen LogP contribution in [0, 0.1) is 0 Å². The first kappa shape index (κ1) is 14.2. The number of ether oxygens (including phenoxy) is 2. The Morgan fingerprint density at radius 3 is 2.43 bits per heavy atom. The van der Waals surface area contributed by atoms with Gasteiger partial charge in [-0.3, -0.25) is 0 Å². The summed E-state index contributed by atoms with van der Waals surface area (Å²) >= 11 is 0. The molecule has 2 aliphatic heterocycles. The summed E-state index contributed by atoms with van der Waals surface area (Å²) < 4.78 is 38.4. The first-order valence-corrected chi connectivity index (χ1v) is 6.79. The molecule has 1 amide bonds. The molecule has 1 N–H and O–H groups in total. The lowest BCUT2D eigenvalue weighted by atomic mass is 9.98. The van der Waals surface area contributed by atoms with Crippen LogP contribution >= 0.6 is 0 Å². The number of nitrogens with one attached hydrogen (secondary N) is 1. The van der Waals surface area contributed by atoms with E-state index in [1.165, 1.54) is 0 Å². The van der Waals surface area contributed by atoms with Gasteiger partial charge in [-0.05, 0) is 5.56 Å². The van der Waals surface area contributed by atoms with Crippen LogP contribution in [0.1, 0.15) is 11.6 Å². The molecule has 4 unspecified atom stereocenters. The second kappa shape index (κ2) is 5.95. The van der Waals surface area contributed by atoms with Crippen molar-refractivity contribution in [3.63, 3.8) is 0 Å². The maximum absolute atomic E-state index is 14.2. The van der Waals surface area contributed by atoms with Crippen LogP contribution < -0.4 is 5.32 Å². The Balaban J connectivity index is 1.93. The average Bonchev–Trinajstić information content (AvgIpc) is 2.90. The molecule has 2 saturated heterocycles. The summed E-state index contributed by atoms with van der Waals surface area (Å²) in [5, 5.41) is 2.52. The Morgan fingerprint density at radius 1 is 1.19 bits per heavy atom. The maximum Gasteiger partial charge on any atom is 0.407 e. The second-order valence-corrected chi connectivity index (χ2v) is 5.03. The van der Waals surface area contributed by atoms with Gasteiger partial charge in [-0.25, -0.2) is 18.5 Å². The van der Waals surface area contributed by atoms with Gasteiger partial charge in [0.25, 0.3) is 0 Å². The fourth-order valence-electron chi connectivity index (χ4n) is 2.77. The Bertz CT molecular complexity index is 492. The molecule has 5 nitrogen and oxygen atoms in total. The Labute approximate surface area is 120 Å². The van der Waals surface area contributed by atoms with Crippen LogP contribution in [0.25, 0.3) is 0 Å². The number of amides is 1. The van der Waals surface area contributed by atoms with Crippen LogP contribution in [0.3, 0.4) is 0 Å². The van der Waals surface area contributed by atoms with Crippen LogP contribution in [0.5, 0.6) is 0 Å². The van der Waals surface area contributed by atoms with E-state index in [0.717, 1.165) is 4.90 Å². The van der Waals surface area contributed by atoms with Crippen LogP contribution in [-0.4, -0.2) is 49.4 Å². The van der Waals surface area contributed by atoms with Crippen molar-refractivity contribution >= 4 is 6.09 Å². The van der Waals surface area contributed by atoms with Crippen LogP contribution in [0.2, 0.25) is 0 Å². The second-order valence-electron chi connectivity index (χ2n) is 5.03. The van der Waals surface area contributed by atoms with Gasteiger partial charge in [-0.15, -0.1) is 0 Å². The monoisotopic (exact) mass is 298 g/mol. The zero-order valence-corrected chi connectivity index (χ0v) is 11.2. The van der Waals surface area contributed by atoms with Gasteiger partial charge in [0.1, 0.15) is 6.10 Å². The summed E-state index contributed by atoms with van der Waals surface area (Å²) in [6.07, 6.45) is -4.38. The molecule has 21 heavy (non-hydrogen) atoms. The van der Waals surface area contributed by atoms with Gasteiger partial charge in [-0.1, -0.05) is 30.3 Å². The molecule has 0 aromatic heterocycles. The van der Waals surface area contributed by atoms with Crippen molar-refractivity contribution in [2.45, 2.75) is 24.7 Å². The summed E-state index contributed by atoms with van der Waals surface area (Å²) in [5.74, 6) is 0. The van der Waals surface area contributed by atoms with Crippen molar-refractivity contribution < 1.29 is 23.0 Å². The molecule has 0 aliphatic carbocycles. The van der Waals surface area contributed by atoms with Gasteiger partial charge in [-0.2, -0.15) is 0 Å². The van der Waals surface area contributed by atoms with Crippen LogP contribution in [0.15, 0.2) is 30.3 Å². The zero-order valence-electron chi connectivity index (χ0n) is 11.2. The molecule has 1 aromatic carbocycles. The number of hydrogen-bond donors (Lipinski definition) is 1. The first-order valence-electron chi connectivity index (χ1n) is 6.79. The van der Waals surface area contributed by atoms with Crippen molar-refractivity contribution in [2.24, 2.45) is 0 Å². The minimum Gasteiger partial charge on any atom is -0.442 e. The fraction of sp³-hybridized carbons (Fsp3) is 0.500.